The summed E-state index contributed by atoms with van der Waals surface area (Å²) >= 11 is 0. The molecule has 0 heterocycles. The molecule has 0 saturated carbocycles. The van der Waals surface area contributed by atoms with Crippen LogP contribution >= 0.6 is 0 Å². The van der Waals surface area contributed by atoms with Crippen LogP contribution in [0.25, 0.3) is 0 Å². The number of rotatable bonds is 0. The Morgan fingerprint density at radius 2 is 1.50 bits per heavy atom. The molecule has 3 nitrogen and oxygen atoms in total. The van der Waals surface area contributed by atoms with Crippen molar-refractivity contribution in [1.82, 2.24) is 0 Å². The van der Waals surface area contributed by atoms with Crippen molar-refractivity contribution in [2.75, 3.05) is 0 Å². The lowest BCUT2D eigenvalue weighted by atomic mass is 13.1. The van der Waals surface area contributed by atoms with Crippen LogP contribution in [0.3, 0.4) is 0 Å². The van der Waals surface area contributed by atoms with Crippen molar-refractivity contribution in [3.63, 3.8) is 0 Å². The molecule has 0 spiro atoms. The predicted molar refractivity (Wildman–Crippen MR) is 10.7 cm³/mol. The van der Waals surface area contributed by atoms with E-state index in [0.29, 0.717) is 0 Å². The standard InChI is InChI=1S/CH2O3/c2-1(3)4/h(H2,2,3,4)/i1+2. The van der Waals surface area contributed by atoms with Crippen LogP contribution in [-0.4, -0.2) is 16.4 Å². The van der Waals surface area contributed by atoms with E-state index in [2.05, 4.69) is 0 Å². The Morgan fingerprint density at radius 1 is 1.50 bits per heavy atom. The van der Waals surface area contributed by atoms with E-state index >= 15 is 0 Å². The van der Waals surface area contributed by atoms with Gasteiger partial charge in [-0.1, -0.05) is 0 Å². The fourth-order valence-electron chi connectivity index (χ4n) is 0. The fraction of sp³-hybridized carbons (Fsp3) is 0. The first-order valence-corrected chi connectivity index (χ1v) is 0.651. The van der Waals surface area contributed by atoms with E-state index in [1.165, 1.54) is 0 Å². The van der Waals surface area contributed by atoms with E-state index in [1.807, 2.05) is 0 Å². The van der Waals surface area contributed by atoms with Gasteiger partial charge in [0, 0.05) is 0 Å². The van der Waals surface area contributed by atoms with E-state index < -0.39 is 6.16 Å². The van der Waals surface area contributed by atoms with Crippen LogP contribution in [0.5, 0.6) is 0 Å². The van der Waals surface area contributed by atoms with Gasteiger partial charge in [0.25, 0.3) is 0 Å². The first kappa shape index (κ1) is 3.27. The average Bonchev–Trinajstić information content (AvgIpc) is 0.811. The van der Waals surface area contributed by atoms with E-state index in [0.717, 1.165) is 0 Å². The van der Waals surface area contributed by atoms with Crippen LogP contribution in [0.4, 0.5) is 4.79 Å². The summed E-state index contributed by atoms with van der Waals surface area (Å²) < 4.78 is 0. The highest BCUT2D eigenvalue weighted by atomic mass is 16.9. The Morgan fingerprint density at radius 3 is 1.50 bits per heavy atom. The van der Waals surface area contributed by atoms with Gasteiger partial charge in [-0.15, -0.1) is 0 Å². The maximum Gasteiger partial charge on any atom is 0.503 e. The molecule has 24 valence electrons. The summed E-state index contributed by atoms with van der Waals surface area (Å²) in [6.07, 6.45) is -1.83. The molecule has 0 aliphatic rings. The van der Waals surface area contributed by atoms with Gasteiger partial charge in [0.2, 0.25) is 0 Å². The molecule has 0 atom stereocenters. The molecular weight excluding hydrogens is 62.0 g/mol. The van der Waals surface area contributed by atoms with Crippen LogP contribution in [0.2, 0.25) is 0 Å². The molecule has 0 fully saturated rings. The third kappa shape index (κ3) is 0.174. The second kappa shape index (κ2) is 0.711. The molecule has 2 N–H and O–H groups in total. The zero-order chi connectivity index (χ0) is 3.58. The summed E-state index contributed by atoms with van der Waals surface area (Å²) in [5.41, 5.74) is 0. The smallest absolute Gasteiger partial charge is 0.450 e. The highest BCUT2D eigenvalue weighted by molar-refractivity contribution is 5.53. The van der Waals surface area contributed by atoms with Gasteiger partial charge in [0.05, 0.1) is 0 Å². The summed E-state index contributed by atoms with van der Waals surface area (Å²) in [6, 6.07) is 0. The molecule has 0 aliphatic carbocycles. The molecule has 0 aromatic rings. The van der Waals surface area contributed by atoms with Crippen molar-refractivity contribution in [2.45, 2.75) is 0 Å². The maximum atomic E-state index is 8.56. The Bertz CT molecular complexity index is 26.3. The van der Waals surface area contributed by atoms with Crippen molar-refractivity contribution < 1.29 is 15.0 Å². The Hall–Kier alpha value is -0.730. The largest absolute Gasteiger partial charge is 0.503 e. The topological polar surface area (TPSA) is 57.5 Å². The molecular formula is CH2O3. The Kier molecular flexibility index (Phi) is 0.581. The van der Waals surface area contributed by atoms with Gasteiger partial charge >= 0.3 is 6.16 Å². The SMILES string of the molecule is O=[14C](O)O. The second-order valence-electron chi connectivity index (χ2n) is 0.283. The number of carboxylic acid groups (broad SMARTS) is 2. The van der Waals surface area contributed by atoms with Crippen molar-refractivity contribution in [2.24, 2.45) is 0 Å². The lowest BCUT2D eigenvalue weighted by molar-refractivity contribution is 0.137. The highest BCUT2D eigenvalue weighted by Crippen LogP contribution is 1.42. The van der Waals surface area contributed by atoms with Gasteiger partial charge in [-0.3, -0.25) is 0 Å². The minimum atomic E-state index is -1.83. The van der Waals surface area contributed by atoms with E-state index in [9.17, 15) is 0 Å². The minimum Gasteiger partial charge on any atom is -0.450 e. The van der Waals surface area contributed by atoms with Crippen molar-refractivity contribution in [1.29, 1.82) is 0 Å². The lowest BCUT2D eigenvalue weighted by Crippen LogP contribution is -1.81. The van der Waals surface area contributed by atoms with Crippen LogP contribution in [-0.2, 0) is 0 Å². The minimum absolute atomic E-state index is 1.83. The Labute approximate surface area is 22.5 Å². The molecule has 3 heteroatoms. The molecule has 0 amide bonds. The van der Waals surface area contributed by atoms with Crippen LogP contribution < -0.4 is 0 Å². The molecule has 0 aromatic carbocycles. The average molecular weight is 64.0 g/mol. The second-order valence-corrected chi connectivity index (χ2v) is 0.283. The van der Waals surface area contributed by atoms with Gasteiger partial charge < -0.3 is 10.2 Å². The quantitative estimate of drug-likeness (QED) is 0.423. The first-order valence-electron chi connectivity index (χ1n) is 0.651. The van der Waals surface area contributed by atoms with Crippen LogP contribution in [0.1, 0.15) is 0 Å². The predicted octanol–water partition coefficient (Wildman–Crippen LogP) is 0.222. The molecule has 0 bridgehead atoms. The van der Waals surface area contributed by atoms with Crippen LogP contribution in [0, 0.1) is 0 Å². The molecule has 0 saturated heterocycles. The maximum absolute atomic E-state index is 8.56. The van der Waals surface area contributed by atoms with Crippen molar-refractivity contribution >= 4 is 6.16 Å². The monoisotopic (exact) mass is 64.0 g/mol. The number of hydrogen-bond donors (Lipinski definition) is 2. The molecule has 0 aromatic heterocycles. The number of hydrogen-bond acceptors (Lipinski definition) is 1. The van der Waals surface area contributed by atoms with Crippen molar-refractivity contribution in [3.05, 3.63) is 0 Å². The molecule has 4 heavy (non-hydrogen) atoms. The molecule has 0 radical (unpaired) electrons. The third-order valence-corrected chi connectivity index (χ3v) is 0. The van der Waals surface area contributed by atoms with Gasteiger partial charge in [-0.05, 0) is 0 Å². The third-order valence-electron chi connectivity index (χ3n) is 0. The summed E-state index contributed by atoms with van der Waals surface area (Å²) in [5.74, 6) is 0. The molecule has 0 unspecified atom stereocenters. The van der Waals surface area contributed by atoms with Crippen LogP contribution in [0.15, 0.2) is 0 Å². The summed E-state index contributed by atoms with van der Waals surface area (Å²) in [5, 5.41) is 13.9. The molecule has 0 aliphatic heterocycles. The van der Waals surface area contributed by atoms with Gasteiger partial charge in [-0.25, -0.2) is 4.79 Å². The first-order chi connectivity index (χ1) is 1.73. The van der Waals surface area contributed by atoms with Gasteiger partial charge in [0.1, 0.15) is 0 Å². The fourth-order valence-corrected chi connectivity index (χ4v) is 0. The van der Waals surface area contributed by atoms with Gasteiger partial charge in [0.15, 0.2) is 0 Å². The normalized spacial score (nSPS) is 6.00. The van der Waals surface area contributed by atoms with Crippen molar-refractivity contribution in [3.8, 4) is 0 Å². The van der Waals surface area contributed by atoms with E-state index in [1.54, 1.807) is 0 Å². The lowest BCUT2D eigenvalue weighted by Gasteiger charge is -1.60. The zero-order valence-corrected chi connectivity index (χ0v) is 1.80. The zero-order valence-electron chi connectivity index (χ0n) is 1.80. The Balaban J connectivity index is 2.80. The summed E-state index contributed by atoms with van der Waals surface area (Å²) in [7, 11) is 0. The number of carbonyl (C=O) groups is 1. The summed E-state index contributed by atoms with van der Waals surface area (Å²) in [4.78, 5) is 8.56. The van der Waals surface area contributed by atoms with E-state index in [4.69, 9.17) is 15.0 Å². The van der Waals surface area contributed by atoms with Gasteiger partial charge in [-0.2, -0.15) is 0 Å². The molecule has 0 rings (SSSR count). The summed E-state index contributed by atoms with van der Waals surface area (Å²) in [6.45, 7) is 0. The van der Waals surface area contributed by atoms with E-state index in [-0.39, 0.29) is 0 Å². The highest BCUT2D eigenvalue weighted by Gasteiger charge is 1.70.